The van der Waals surface area contributed by atoms with E-state index < -0.39 is 20.9 Å². The van der Waals surface area contributed by atoms with Crippen molar-refractivity contribution in [3.05, 3.63) is 35.1 Å². The number of hydrogen-bond donors (Lipinski definition) is 0. The molecule has 1 rings (SSSR count). The van der Waals surface area contributed by atoms with Gasteiger partial charge in [0.15, 0.2) is 9.84 Å². The zero-order valence-electron chi connectivity index (χ0n) is 9.07. The van der Waals surface area contributed by atoms with Crippen LogP contribution in [0.2, 0.25) is 0 Å². The summed E-state index contributed by atoms with van der Waals surface area (Å²) in [4.78, 5) is 0. The van der Waals surface area contributed by atoms with Crippen LogP contribution in [0, 0.1) is 17.1 Å². The Kier molecular flexibility index (Phi) is 3.66. The Hall–Kier alpha value is -1.41. The van der Waals surface area contributed by atoms with Gasteiger partial charge < -0.3 is 0 Å². The molecule has 16 heavy (non-hydrogen) atoms. The Morgan fingerprint density at radius 3 is 2.50 bits per heavy atom. The lowest BCUT2D eigenvalue weighted by molar-refractivity contribution is 0.579. The average molecular weight is 241 g/mol. The maximum atomic E-state index is 13.4. The van der Waals surface area contributed by atoms with Gasteiger partial charge in [0.05, 0.1) is 22.6 Å². The van der Waals surface area contributed by atoms with Crippen LogP contribution in [0.15, 0.2) is 18.2 Å². The van der Waals surface area contributed by atoms with Crippen LogP contribution >= 0.6 is 0 Å². The van der Waals surface area contributed by atoms with Crippen molar-refractivity contribution in [3.8, 4) is 6.07 Å². The minimum atomic E-state index is -3.32. The van der Waals surface area contributed by atoms with Gasteiger partial charge in [0.1, 0.15) is 5.82 Å². The van der Waals surface area contributed by atoms with Gasteiger partial charge in [-0.3, -0.25) is 0 Å². The first kappa shape index (κ1) is 12.7. The molecule has 0 atom stereocenters. The summed E-state index contributed by atoms with van der Waals surface area (Å²) in [6.07, 6.45) is 0. The first-order valence-electron chi connectivity index (χ1n) is 4.77. The highest BCUT2D eigenvalue weighted by molar-refractivity contribution is 7.91. The molecule has 0 aliphatic rings. The van der Waals surface area contributed by atoms with Crippen molar-refractivity contribution in [3.63, 3.8) is 0 Å². The first-order valence-corrected chi connectivity index (χ1v) is 6.48. The van der Waals surface area contributed by atoms with Crippen molar-refractivity contribution in [2.75, 3.05) is 0 Å². The Bertz CT molecular complexity index is 529. The Labute approximate surface area is 94.4 Å². The van der Waals surface area contributed by atoms with Gasteiger partial charge in [-0.2, -0.15) is 5.26 Å². The largest absolute Gasteiger partial charge is 0.228 e. The second-order valence-electron chi connectivity index (χ2n) is 3.77. The van der Waals surface area contributed by atoms with Crippen LogP contribution in [-0.2, 0) is 15.6 Å². The molecule has 0 unspecified atom stereocenters. The number of benzene rings is 1. The molecule has 1 aromatic rings. The SMILES string of the molecule is CC(C)S(=O)(=O)Cc1ccc(C#N)cc1F. The van der Waals surface area contributed by atoms with Gasteiger partial charge in [-0.1, -0.05) is 6.07 Å². The standard InChI is InChI=1S/C11H12FNO2S/c1-8(2)16(14,15)7-10-4-3-9(6-13)5-11(10)12/h3-5,8H,7H2,1-2H3. The van der Waals surface area contributed by atoms with E-state index in [1.165, 1.54) is 12.1 Å². The van der Waals surface area contributed by atoms with Crippen LogP contribution in [0.1, 0.15) is 25.0 Å². The second kappa shape index (κ2) is 4.62. The molecule has 0 N–H and O–H groups in total. The van der Waals surface area contributed by atoms with Crippen LogP contribution in [0.5, 0.6) is 0 Å². The predicted molar refractivity (Wildman–Crippen MR) is 58.9 cm³/mol. The molecule has 0 radical (unpaired) electrons. The molecule has 3 nitrogen and oxygen atoms in total. The van der Waals surface area contributed by atoms with Crippen molar-refractivity contribution >= 4 is 9.84 Å². The van der Waals surface area contributed by atoms with Crippen molar-refractivity contribution in [2.45, 2.75) is 24.9 Å². The fourth-order valence-corrected chi connectivity index (χ4v) is 2.12. The number of halogens is 1. The van der Waals surface area contributed by atoms with E-state index in [-0.39, 0.29) is 16.9 Å². The summed E-state index contributed by atoms with van der Waals surface area (Å²) in [5, 5.41) is 8.00. The smallest absolute Gasteiger partial charge is 0.156 e. The van der Waals surface area contributed by atoms with Crippen LogP contribution in [0.3, 0.4) is 0 Å². The Morgan fingerprint density at radius 2 is 2.06 bits per heavy atom. The van der Waals surface area contributed by atoms with Crippen molar-refractivity contribution in [1.29, 1.82) is 5.26 Å². The molecular weight excluding hydrogens is 229 g/mol. The molecule has 0 aliphatic heterocycles. The molecule has 5 heteroatoms. The lowest BCUT2D eigenvalue weighted by Crippen LogP contribution is -2.16. The highest BCUT2D eigenvalue weighted by Crippen LogP contribution is 2.15. The maximum Gasteiger partial charge on any atom is 0.156 e. The van der Waals surface area contributed by atoms with E-state index >= 15 is 0 Å². The zero-order valence-corrected chi connectivity index (χ0v) is 9.88. The summed E-state index contributed by atoms with van der Waals surface area (Å²) < 4.78 is 36.6. The van der Waals surface area contributed by atoms with Crippen LogP contribution < -0.4 is 0 Å². The van der Waals surface area contributed by atoms with E-state index in [1.54, 1.807) is 19.9 Å². The van der Waals surface area contributed by atoms with E-state index in [2.05, 4.69) is 0 Å². The molecule has 0 saturated heterocycles. The Balaban J connectivity index is 3.05. The van der Waals surface area contributed by atoms with Crippen molar-refractivity contribution in [1.82, 2.24) is 0 Å². The van der Waals surface area contributed by atoms with E-state index in [1.807, 2.05) is 0 Å². The molecule has 0 fully saturated rings. The summed E-state index contributed by atoms with van der Waals surface area (Å²) in [5.74, 6) is -0.981. The van der Waals surface area contributed by atoms with Crippen LogP contribution in [0.4, 0.5) is 4.39 Å². The van der Waals surface area contributed by atoms with Crippen molar-refractivity contribution in [2.24, 2.45) is 0 Å². The molecule has 86 valence electrons. The first-order chi connectivity index (χ1) is 7.36. The molecule has 0 aromatic heterocycles. The molecule has 0 spiro atoms. The lowest BCUT2D eigenvalue weighted by Gasteiger charge is -2.08. The molecule has 0 bridgehead atoms. The summed E-state index contributed by atoms with van der Waals surface area (Å²) in [5.41, 5.74) is 0.288. The molecule has 1 aromatic carbocycles. The number of rotatable bonds is 3. The number of nitriles is 1. The quantitative estimate of drug-likeness (QED) is 0.813. The molecule has 0 heterocycles. The number of nitrogens with zero attached hydrogens (tertiary/aromatic N) is 1. The molecule has 0 amide bonds. The fraction of sp³-hybridized carbons (Fsp3) is 0.364. The fourth-order valence-electron chi connectivity index (χ4n) is 1.12. The van der Waals surface area contributed by atoms with Gasteiger partial charge >= 0.3 is 0 Å². The Morgan fingerprint density at radius 1 is 1.44 bits per heavy atom. The molecule has 0 saturated carbocycles. The summed E-state index contributed by atoms with van der Waals surface area (Å²) >= 11 is 0. The van der Waals surface area contributed by atoms with Crippen LogP contribution in [-0.4, -0.2) is 13.7 Å². The van der Waals surface area contributed by atoms with Gasteiger partial charge in [-0.25, -0.2) is 12.8 Å². The third-order valence-corrected chi connectivity index (χ3v) is 4.41. The monoisotopic (exact) mass is 241 g/mol. The van der Waals surface area contributed by atoms with Gasteiger partial charge in [0.25, 0.3) is 0 Å². The number of hydrogen-bond acceptors (Lipinski definition) is 3. The van der Waals surface area contributed by atoms with Gasteiger partial charge in [-0.15, -0.1) is 0 Å². The molecule has 0 aliphatic carbocycles. The zero-order chi connectivity index (χ0) is 12.3. The molecular formula is C11H12FNO2S. The van der Waals surface area contributed by atoms with Crippen LogP contribution in [0.25, 0.3) is 0 Å². The van der Waals surface area contributed by atoms with E-state index in [4.69, 9.17) is 5.26 Å². The highest BCUT2D eigenvalue weighted by Gasteiger charge is 2.18. The normalized spacial score (nSPS) is 11.4. The predicted octanol–water partition coefficient (Wildman–Crippen LogP) is 2.02. The summed E-state index contributed by atoms with van der Waals surface area (Å²) in [7, 11) is -3.32. The summed E-state index contributed by atoms with van der Waals surface area (Å²) in [6, 6.07) is 5.59. The van der Waals surface area contributed by atoms with Gasteiger partial charge in [0, 0.05) is 5.56 Å². The third kappa shape index (κ3) is 2.80. The lowest BCUT2D eigenvalue weighted by atomic mass is 10.1. The minimum absolute atomic E-state index is 0.104. The van der Waals surface area contributed by atoms with Crippen molar-refractivity contribution < 1.29 is 12.8 Å². The van der Waals surface area contributed by atoms with Gasteiger partial charge in [-0.05, 0) is 26.0 Å². The van der Waals surface area contributed by atoms with E-state index in [9.17, 15) is 12.8 Å². The number of sulfone groups is 1. The highest BCUT2D eigenvalue weighted by atomic mass is 32.2. The second-order valence-corrected chi connectivity index (χ2v) is 6.33. The minimum Gasteiger partial charge on any atom is -0.228 e. The maximum absolute atomic E-state index is 13.4. The average Bonchev–Trinajstić information content (AvgIpc) is 2.20. The van der Waals surface area contributed by atoms with E-state index in [0.29, 0.717) is 0 Å². The topological polar surface area (TPSA) is 57.9 Å². The third-order valence-electron chi connectivity index (χ3n) is 2.26. The van der Waals surface area contributed by atoms with Gasteiger partial charge in [0.2, 0.25) is 0 Å². The van der Waals surface area contributed by atoms with E-state index in [0.717, 1.165) is 6.07 Å². The summed E-state index contributed by atoms with van der Waals surface area (Å²) in [6.45, 7) is 3.10.